The normalized spacial score (nSPS) is 12.6. The number of hydrogen-bond donors (Lipinski definition) is 2. The smallest absolute Gasteiger partial charge is 0.191 e. The minimum absolute atomic E-state index is 0. The molecule has 4 rings (SSSR count). The van der Waals surface area contributed by atoms with E-state index in [0.29, 0.717) is 13.1 Å². The summed E-state index contributed by atoms with van der Waals surface area (Å²) in [5.41, 5.74) is 3.78. The first-order chi connectivity index (χ1) is 14.7. The molecule has 2 aromatic carbocycles. The van der Waals surface area contributed by atoms with Crippen molar-refractivity contribution in [2.24, 2.45) is 12.0 Å². The van der Waals surface area contributed by atoms with Gasteiger partial charge in [0.25, 0.3) is 0 Å². The second-order valence-corrected chi connectivity index (χ2v) is 7.44. The maximum Gasteiger partial charge on any atom is 0.191 e. The van der Waals surface area contributed by atoms with Crippen LogP contribution in [-0.4, -0.2) is 33.9 Å². The van der Waals surface area contributed by atoms with E-state index in [0.717, 1.165) is 49.4 Å². The van der Waals surface area contributed by atoms with Crippen LogP contribution in [0.3, 0.4) is 0 Å². The number of rotatable bonds is 7. The van der Waals surface area contributed by atoms with E-state index in [-0.39, 0.29) is 24.0 Å². The number of hydrogen-bond acceptors (Lipinski definition) is 4. The molecule has 164 valence electrons. The third-order valence-corrected chi connectivity index (χ3v) is 5.32. The first-order valence-electron chi connectivity index (χ1n) is 10.3. The molecule has 0 saturated heterocycles. The maximum absolute atomic E-state index is 5.60. The van der Waals surface area contributed by atoms with Gasteiger partial charge in [-0.2, -0.15) is 0 Å². The summed E-state index contributed by atoms with van der Waals surface area (Å²) in [6.07, 6.45) is 1.92. The SMILES string of the molecule is Cc1nnc(CNC(=NCc2ccccc2)NCCc2ccc3c(c2)CCO3)n1C.I. The van der Waals surface area contributed by atoms with Crippen molar-refractivity contribution < 1.29 is 4.74 Å². The Balaban J connectivity index is 0.00000272. The van der Waals surface area contributed by atoms with E-state index in [1.165, 1.54) is 16.7 Å². The number of nitrogens with zero attached hydrogens (tertiary/aromatic N) is 4. The minimum atomic E-state index is 0. The summed E-state index contributed by atoms with van der Waals surface area (Å²) in [7, 11) is 1.97. The van der Waals surface area contributed by atoms with Gasteiger partial charge >= 0.3 is 0 Å². The van der Waals surface area contributed by atoms with Gasteiger partial charge in [-0.1, -0.05) is 42.5 Å². The predicted molar refractivity (Wildman–Crippen MR) is 133 cm³/mol. The quantitative estimate of drug-likeness (QED) is 0.278. The van der Waals surface area contributed by atoms with Crippen LogP contribution in [0.2, 0.25) is 0 Å². The minimum Gasteiger partial charge on any atom is -0.493 e. The predicted octanol–water partition coefficient (Wildman–Crippen LogP) is 3.15. The number of aliphatic imine (C=N–C) groups is 1. The van der Waals surface area contributed by atoms with E-state index >= 15 is 0 Å². The standard InChI is InChI=1S/C23H28N6O.HI/c1-17-27-28-22(29(17)2)16-26-23(25-15-19-6-4-3-5-7-19)24-12-10-18-8-9-21-20(14-18)11-13-30-21;/h3-9,14H,10-13,15-16H2,1-2H3,(H2,24,25,26);1H. The lowest BCUT2D eigenvalue weighted by Crippen LogP contribution is -2.38. The zero-order valence-corrected chi connectivity index (χ0v) is 20.3. The monoisotopic (exact) mass is 532 g/mol. The highest BCUT2D eigenvalue weighted by molar-refractivity contribution is 14.0. The molecule has 8 heteroatoms. The van der Waals surface area contributed by atoms with Gasteiger partial charge in [0.1, 0.15) is 11.6 Å². The molecule has 31 heavy (non-hydrogen) atoms. The Morgan fingerprint density at radius 1 is 1.10 bits per heavy atom. The molecule has 7 nitrogen and oxygen atoms in total. The fourth-order valence-electron chi connectivity index (χ4n) is 3.42. The van der Waals surface area contributed by atoms with Gasteiger partial charge in [-0.3, -0.25) is 0 Å². The molecule has 0 spiro atoms. The third kappa shape index (κ3) is 6.19. The molecule has 0 aliphatic carbocycles. The van der Waals surface area contributed by atoms with Crippen LogP contribution < -0.4 is 15.4 Å². The van der Waals surface area contributed by atoms with Crippen molar-refractivity contribution in [2.45, 2.75) is 32.9 Å². The Kier molecular flexibility index (Phi) is 8.27. The van der Waals surface area contributed by atoms with Crippen molar-refractivity contribution in [3.05, 3.63) is 76.9 Å². The fraction of sp³-hybridized carbons (Fsp3) is 0.348. The highest BCUT2D eigenvalue weighted by Crippen LogP contribution is 2.25. The van der Waals surface area contributed by atoms with Crippen molar-refractivity contribution in [1.29, 1.82) is 0 Å². The number of benzene rings is 2. The number of halogens is 1. The molecule has 1 aliphatic rings. The molecule has 0 amide bonds. The number of aryl methyl sites for hydroxylation is 1. The van der Waals surface area contributed by atoms with Crippen molar-refractivity contribution >= 4 is 29.9 Å². The average Bonchev–Trinajstić information content (AvgIpc) is 3.37. The number of fused-ring (bicyclic) bond motifs is 1. The van der Waals surface area contributed by atoms with Gasteiger partial charge in [0.05, 0.1) is 19.7 Å². The number of guanidine groups is 1. The summed E-state index contributed by atoms with van der Waals surface area (Å²) in [6.45, 7) is 4.70. The Bertz CT molecular complexity index is 1020. The Morgan fingerprint density at radius 3 is 2.71 bits per heavy atom. The molecule has 0 fully saturated rings. The zero-order valence-electron chi connectivity index (χ0n) is 18.0. The summed E-state index contributed by atoms with van der Waals surface area (Å²) >= 11 is 0. The maximum atomic E-state index is 5.60. The molecular formula is C23H29IN6O. The zero-order chi connectivity index (χ0) is 20.8. The van der Waals surface area contributed by atoms with Gasteiger partial charge in [0, 0.05) is 20.0 Å². The van der Waals surface area contributed by atoms with Crippen LogP contribution in [0, 0.1) is 6.92 Å². The number of aromatic nitrogens is 3. The van der Waals surface area contributed by atoms with Crippen LogP contribution in [0.15, 0.2) is 53.5 Å². The highest BCUT2D eigenvalue weighted by atomic mass is 127. The van der Waals surface area contributed by atoms with E-state index < -0.39 is 0 Å². The molecule has 0 saturated carbocycles. The van der Waals surface area contributed by atoms with Crippen LogP contribution in [-0.2, 0) is 33.0 Å². The molecule has 2 heterocycles. The van der Waals surface area contributed by atoms with E-state index in [4.69, 9.17) is 9.73 Å². The second kappa shape index (κ2) is 11.1. The highest BCUT2D eigenvalue weighted by Gasteiger charge is 2.12. The van der Waals surface area contributed by atoms with Crippen molar-refractivity contribution in [3.8, 4) is 5.75 Å². The van der Waals surface area contributed by atoms with Crippen molar-refractivity contribution in [2.75, 3.05) is 13.2 Å². The van der Waals surface area contributed by atoms with Gasteiger partial charge < -0.3 is 19.9 Å². The fourth-order valence-corrected chi connectivity index (χ4v) is 3.42. The van der Waals surface area contributed by atoms with Gasteiger partial charge in [0.2, 0.25) is 0 Å². The van der Waals surface area contributed by atoms with Crippen LogP contribution in [0.4, 0.5) is 0 Å². The average molecular weight is 532 g/mol. The van der Waals surface area contributed by atoms with E-state index in [9.17, 15) is 0 Å². The topological polar surface area (TPSA) is 76.4 Å². The molecule has 1 aliphatic heterocycles. The van der Waals surface area contributed by atoms with Crippen LogP contribution in [0.1, 0.15) is 28.3 Å². The van der Waals surface area contributed by atoms with E-state index in [1.54, 1.807) is 0 Å². The molecule has 3 aromatic rings. The first-order valence-corrected chi connectivity index (χ1v) is 10.3. The second-order valence-electron chi connectivity index (χ2n) is 7.44. The van der Waals surface area contributed by atoms with E-state index in [2.05, 4.69) is 51.2 Å². The summed E-state index contributed by atoms with van der Waals surface area (Å²) in [5.74, 6) is 3.56. The molecule has 0 atom stereocenters. The van der Waals surface area contributed by atoms with Gasteiger partial charge in [-0.15, -0.1) is 34.2 Å². The van der Waals surface area contributed by atoms with Gasteiger partial charge in [-0.25, -0.2) is 4.99 Å². The van der Waals surface area contributed by atoms with Crippen molar-refractivity contribution in [3.63, 3.8) is 0 Å². The van der Waals surface area contributed by atoms with Crippen LogP contribution in [0.5, 0.6) is 5.75 Å². The molecule has 1 aromatic heterocycles. The van der Waals surface area contributed by atoms with Crippen LogP contribution in [0.25, 0.3) is 0 Å². The molecule has 0 unspecified atom stereocenters. The lowest BCUT2D eigenvalue weighted by Gasteiger charge is -2.13. The summed E-state index contributed by atoms with van der Waals surface area (Å²) in [6, 6.07) is 16.7. The third-order valence-electron chi connectivity index (χ3n) is 5.32. The lowest BCUT2D eigenvalue weighted by atomic mass is 10.1. The summed E-state index contributed by atoms with van der Waals surface area (Å²) < 4.78 is 7.58. The van der Waals surface area contributed by atoms with Gasteiger partial charge in [-0.05, 0) is 36.1 Å². The lowest BCUT2D eigenvalue weighted by molar-refractivity contribution is 0.357. The van der Waals surface area contributed by atoms with Gasteiger partial charge in [0.15, 0.2) is 11.8 Å². The first kappa shape index (κ1) is 23.1. The van der Waals surface area contributed by atoms with Crippen LogP contribution >= 0.6 is 24.0 Å². The Hall–Kier alpha value is -2.62. The molecule has 2 N–H and O–H groups in total. The molecule has 0 radical (unpaired) electrons. The van der Waals surface area contributed by atoms with E-state index in [1.807, 2.05) is 36.7 Å². The van der Waals surface area contributed by atoms with Crippen molar-refractivity contribution in [1.82, 2.24) is 25.4 Å². The molecular weight excluding hydrogens is 503 g/mol. The number of ether oxygens (including phenoxy) is 1. The molecule has 0 bridgehead atoms. The summed E-state index contributed by atoms with van der Waals surface area (Å²) in [4.78, 5) is 4.75. The largest absolute Gasteiger partial charge is 0.493 e. The Morgan fingerprint density at radius 2 is 1.94 bits per heavy atom. The summed E-state index contributed by atoms with van der Waals surface area (Å²) in [5, 5.41) is 15.2. The number of nitrogens with one attached hydrogen (secondary N) is 2. The Labute approximate surface area is 200 Å².